The van der Waals surface area contributed by atoms with Crippen LogP contribution < -0.4 is 0 Å². The SMILES string of the molecule is CCCC/C=C\CCCCCCCC(=O)OCC(COC(=O)CCCCCCCCCCCCCCCCC/C=C\C/C=C\CCCCCCC)OC(=O)CCCCCCCCCCCCCCCCC/C=C\CCCCCCCCCC. The van der Waals surface area contributed by atoms with E-state index in [2.05, 4.69) is 69.4 Å². The van der Waals surface area contributed by atoms with Crippen LogP contribution in [0, 0.1) is 0 Å². The Labute approximate surface area is 518 Å². The third-order valence-electron chi connectivity index (χ3n) is 16.8. The maximum absolute atomic E-state index is 13.0. The van der Waals surface area contributed by atoms with E-state index in [9.17, 15) is 14.4 Å². The summed E-state index contributed by atoms with van der Waals surface area (Å²) in [6.45, 7) is 6.65. The van der Waals surface area contributed by atoms with E-state index in [-0.39, 0.29) is 31.1 Å². The molecule has 1 unspecified atom stereocenters. The summed E-state index contributed by atoms with van der Waals surface area (Å²) in [7, 11) is 0. The molecule has 0 aliphatic heterocycles. The standard InChI is InChI=1S/C77H142O6/c1-4-7-10-13-16-19-22-24-26-28-30-32-34-36-38-40-42-44-46-48-50-52-55-58-61-64-67-70-76(79)82-73-74(72-81-75(78)69-66-63-60-57-54-21-18-15-12-9-6-3)83-77(80)71-68-65-62-59-56-53-51-49-47-45-43-41-39-37-35-33-31-29-27-25-23-20-17-14-11-8-5-2/h15,18,22,24,28-31,74H,4-14,16-17,19-21,23,25-27,32-73H2,1-3H3/b18-15-,24-22-,30-28-,31-29-. The van der Waals surface area contributed by atoms with Gasteiger partial charge in [-0.3, -0.25) is 14.4 Å². The molecule has 0 aromatic heterocycles. The van der Waals surface area contributed by atoms with Crippen molar-refractivity contribution in [3.8, 4) is 0 Å². The maximum atomic E-state index is 13.0. The molecule has 0 aromatic carbocycles. The molecule has 6 nitrogen and oxygen atoms in total. The molecule has 0 aliphatic carbocycles. The highest BCUT2D eigenvalue weighted by molar-refractivity contribution is 5.71. The van der Waals surface area contributed by atoms with Gasteiger partial charge in [0.2, 0.25) is 0 Å². The summed E-state index contributed by atoms with van der Waals surface area (Å²) in [6.07, 6.45) is 91.6. The number of unbranched alkanes of at least 4 members (excludes halogenated alkanes) is 50. The van der Waals surface area contributed by atoms with E-state index in [1.54, 1.807) is 0 Å². The molecule has 0 saturated heterocycles. The Morgan fingerprint density at radius 2 is 0.446 bits per heavy atom. The zero-order chi connectivity index (χ0) is 59.9. The second-order valence-electron chi connectivity index (χ2n) is 25.2. The largest absolute Gasteiger partial charge is 0.462 e. The number of ether oxygens (including phenoxy) is 3. The number of hydrogen-bond donors (Lipinski definition) is 0. The van der Waals surface area contributed by atoms with Gasteiger partial charge in [-0.1, -0.05) is 339 Å². The van der Waals surface area contributed by atoms with Crippen molar-refractivity contribution in [1.29, 1.82) is 0 Å². The molecular weight excluding hydrogens is 1020 g/mol. The highest BCUT2D eigenvalue weighted by atomic mass is 16.6. The van der Waals surface area contributed by atoms with Crippen LogP contribution in [0.15, 0.2) is 48.6 Å². The Balaban J connectivity index is 4.15. The lowest BCUT2D eigenvalue weighted by Gasteiger charge is -2.18. The second kappa shape index (κ2) is 71.8. The summed E-state index contributed by atoms with van der Waals surface area (Å²) in [5.74, 6) is -0.855. The fourth-order valence-corrected chi connectivity index (χ4v) is 11.2. The number of carbonyl (C=O) groups is 3. The monoisotopic (exact) mass is 1160 g/mol. The fraction of sp³-hybridized carbons (Fsp3) is 0.857. The van der Waals surface area contributed by atoms with Gasteiger partial charge in [-0.05, 0) is 96.3 Å². The molecule has 0 aliphatic rings. The van der Waals surface area contributed by atoms with Crippen LogP contribution in [0.3, 0.4) is 0 Å². The van der Waals surface area contributed by atoms with Gasteiger partial charge in [-0.25, -0.2) is 0 Å². The van der Waals surface area contributed by atoms with Crippen LogP contribution >= 0.6 is 0 Å². The van der Waals surface area contributed by atoms with Crippen LogP contribution in [-0.2, 0) is 28.6 Å². The van der Waals surface area contributed by atoms with Crippen molar-refractivity contribution in [2.24, 2.45) is 0 Å². The Kier molecular flexibility index (Phi) is 69.6. The lowest BCUT2D eigenvalue weighted by atomic mass is 10.0. The molecule has 0 rings (SSSR count). The molecule has 0 fully saturated rings. The molecule has 0 spiro atoms. The molecule has 0 radical (unpaired) electrons. The molecule has 1 atom stereocenters. The molecule has 0 aromatic rings. The van der Waals surface area contributed by atoms with Gasteiger partial charge >= 0.3 is 17.9 Å². The first-order chi connectivity index (χ1) is 41.0. The number of carbonyl (C=O) groups excluding carboxylic acids is 3. The molecule has 83 heavy (non-hydrogen) atoms. The number of esters is 3. The first-order valence-electron chi connectivity index (χ1n) is 37.1. The molecule has 0 heterocycles. The van der Waals surface area contributed by atoms with Gasteiger partial charge in [-0.2, -0.15) is 0 Å². The van der Waals surface area contributed by atoms with E-state index in [0.29, 0.717) is 19.3 Å². The predicted molar refractivity (Wildman–Crippen MR) is 362 cm³/mol. The third-order valence-corrected chi connectivity index (χ3v) is 16.8. The Bertz CT molecular complexity index is 1430. The minimum atomic E-state index is -0.776. The van der Waals surface area contributed by atoms with Crippen LogP contribution in [0.5, 0.6) is 0 Å². The van der Waals surface area contributed by atoms with Gasteiger partial charge in [0.25, 0.3) is 0 Å². The summed E-state index contributed by atoms with van der Waals surface area (Å²) in [5.41, 5.74) is 0. The van der Waals surface area contributed by atoms with Gasteiger partial charge in [-0.15, -0.1) is 0 Å². The fourth-order valence-electron chi connectivity index (χ4n) is 11.2. The molecule has 0 saturated carbocycles. The number of allylic oxidation sites excluding steroid dienone is 8. The average molecular weight is 1160 g/mol. The van der Waals surface area contributed by atoms with E-state index >= 15 is 0 Å². The van der Waals surface area contributed by atoms with Crippen molar-refractivity contribution < 1.29 is 28.6 Å². The summed E-state index contributed by atoms with van der Waals surface area (Å²) in [6, 6.07) is 0. The summed E-state index contributed by atoms with van der Waals surface area (Å²) < 4.78 is 17.0. The van der Waals surface area contributed by atoms with Gasteiger partial charge in [0.05, 0.1) is 0 Å². The number of rotatable bonds is 69. The van der Waals surface area contributed by atoms with E-state index in [1.165, 1.54) is 295 Å². The quantitative estimate of drug-likeness (QED) is 0.0261. The zero-order valence-electron chi connectivity index (χ0n) is 56.0. The Morgan fingerprint density at radius 1 is 0.241 bits per heavy atom. The Hall–Kier alpha value is -2.63. The topological polar surface area (TPSA) is 78.9 Å². The minimum absolute atomic E-state index is 0.0715. The number of hydrogen-bond acceptors (Lipinski definition) is 6. The molecule has 0 N–H and O–H groups in total. The molecule has 6 heteroatoms. The van der Waals surface area contributed by atoms with Gasteiger partial charge < -0.3 is 14.2 Å². The lowest BCUT2D eigenvalue weighted by molar-refractivity contribution is -0.167. The minimum Gasteiger partial charge on any atom is -0.462 e. The zero-order valence-corrected chi connectivity index (χ0v) is 56.0. The average Bonchev–Trinajstić information content (AvgIpc) is 3.48. The van der Waals surface area contributed by atoms with E-state index in [0.717, 1.165) is 70.6 Å². The van der Waals surface area contributed by atoms with Crippen molar-refractivity contribution >= 4 is 17.9 Å². The van der Waals surface area contributed by atoms with E-state index in [4.69, 9.17) is 14.2 Å². The van der Waals surface area contributed by atoms with Crippen LogP contribution in [0.2, 0.25) is 0 Å². The van der Waals surface area contributed by atoms with Gasteiger partial charge in [0, 0.05) is 19.3 Å². The molecule has 486 valence electrons. The van der Waals surface area contributed by atoms with Crippen LogP contribution in [0.1, 0.15) is 406 Å². The van der Waals surface area contributed by atoms with Crippen molar-refractivity contribution in [3.63, 3.8) is 0 Å². The van der Waals surface area contributed by atoms with Crippen molar-refractivity contribution in [3.05, 3.63) is 48.6 Å². The summed E-state index contributed by atoms with van der Waals surface area (Å²) in [5, 5.41) is 0. The van der Waals surface area contributed by atoms with Crippen molar-refractivity contribution in [2.45, 2.75) is 412 Å². The lowest BCUT2D eigenvalue weighted by Crippen LogP contribution is -2.30. The predicted octanol–water partition coefficient (Wildman–Crippen LogP) is 25.7. The summed E-state index contributed by atoms with van der Waals surface area (Å²) in [4.78, 5) is 38.4. The second-order valence-corrected chi connectivity index (χ2v) is 25.2. The maximum Gasteiger partial charge on any atom is 0.306 e. The Morgan fingerprint density at radius 3 is 0.711 bits per heavy atom. The van der Waals surface area contributed by atoms with Crippen LogP contribution in [0.25, 0.3) is 0 Å². The van der Waals surface area contributed by atoms with Crippen LogP contribution in [-0.4, -0.2) is 37.2 Å². The van der Waals surface area contributed by atoms with Crippen molar-refractivity contribution in [1.82, 2.24) is 0 Å². The first-order valence-corrected chi connectivity index (χ1v) is 37.1. The summed E-state index contributed by atoms with van der Waals surface area (Å²) >= 11 is 0. The highest BCUT2D eigenvalue weighted by Crippen LogP contribution is 2.18. The van der Waals surface area contributed by atoms with E-state index < -0.39 is 6.10 Å². The third kappa shape index (κ3) is 70.0. The van der Waals surface area contributed by atoms with Crippen molar-refractivity contribution in [2.75, 3.05) is 13.2 Å². The molecule has 0 bridgehead atoms. The van der Waals surface area contributed by atoms with Gasteiger partial charge in [0.15, 0.2) is 6.10 Å². The smallest absolute Gasteiger partial charge is 0.306 e. The first kappa shape index (κ1) is 80.4. The van der Waals surface area contributed by atoms with Gasteiger partial charge in [0.1, 0.15) is 13.2 Å². The molecule has 0 amide bonds. The molecular formula is C77H142O6. The normalized spacial score (nSPS) is 12.3. The highest BCUT2D eigenvalue weighted by Gasteiger charge is 2.19. The van der Waals surface area contributed by atoms with Crippen LogP contribution in [0.4, 0.5) is 0 Å². The van der Waals surface area contributed by atoms with E-state index in [1.807, 2.05) is 0 Å².